The van der Waals surface area contributed by atoms with Gasteiger partial charge in [-0.15, -0.1) is 0 Å². The van der Waals surface area contributed by atoms with Gasteiger partial charge >= 0.3 is 12.1 Å². The van der Waals surface area contributed by atoms with Crippen molar-refractivity contribution >= 4 is 12.1 Å². The molecule has 6 heteroatoms. The van der Waals surface area contributed by atoms with Crippen LogP contribution < -0.4 is 0 Å². The molecule has 2 rings (SSSR count). The second-order valence-electron chi connectivity index (χ2n) is 5.00. The molecule has 1 aromatic carbocycles. The number of nitrogens with zero attached hydrogens (tertiary/aromatic N) is 1. The lowest BCUT2D eigenvalue weighted by molar-refractivity contribution is -0.148. The average Bonchev–Trinajstić information content (AvgIpc) is 2.84. The van der Waals surface area contributed by atoms with E-state index >= 15 is 0 Å². The molecule has 0 aliphatic carbocycles. The number of benzene rings is 1. The summed E-state index contributed by atoms with van der Waals surface area (Å²) in [6.07, 6.45) is 0.0429. The number of hydrogen-bond donors (Lipinski definition) is 0. The number of halogens is 1. The topological polar surface area (TPSA) is 55.8 Å². The van der Waals surface area contributed by atoms with E-state index in [1.54, 1.807) is 19.1 Å². The van der Waals surface area contributed by atoms with Crippen molar-refractivity contribution in [2.45, 2.75) is 13.3 Å². The second kappa shape index (κ2) is 7.06. The molecule has 5 nitrogen and oxygen atoms in total. The van der Waals surface area contributed by atoms with Crippen LogP contribution >= 0.6 is 0 Å². The number of esters is 1. The largest absolute Gasteiger partial charge is 0.464 e. The highest BCUT2D eigenvalue weighted by atomic mass is 19.1. The SMILES string of the molecule is CC(Cc1cccc(F)c1)C(=O)OCCN1CCOC1=O. The summed E-state index contributed by atoms with van der Waals surface area (Å²) in [6, 6.07) is 6.15. The molecule has 1 saturated heterocycles. The number of rotatable bonds is 6. The third kappa shape index (κ3) is 4.44. The molecule has 0 bridgehead atoms. The number of amides is 1. The first-order chi connectivity index (χ1) is 10.1. The van der Waals surface area contributed by atoms with Crippen molar-refractivity contribution < 1.29 is 23.5 Å². The highest BCUT2D eigenvalue weighted by Gasteiger charge is 2.22. The third-order valence-corrected chi connectivity index (χ3v) is 3.28. The van der Waals surface area contributed by atoms with Crippen molar-refractivity contribution in [2.75, 3.05) is 26.3 Å². The van der Waals surface area contributed by atoms with Gasteiger partial charge in [-0.05, 0) is 24.1 Å². The molecule has 1 fully saturated rings. The summed E-state index contributed by atoms with van der Waals surface area (Å²) in [5.74, 6) is -1.04. The van der Waals surface area contributed by atoms with Gasteiger partial charge in [-0.25, -0.2) is 9.18 Å². The van der Waals surface area contributed by atoms with Crippen LogP contribution in [0.3, 0.4) is 0 Å². The van der Waals surface area contributed by atoms with Crippen LogP contribution in [0.2, 0.25) is 0 Å². The number of hydrogen-bond acceptors (Lipinski definition) is 4. The standard InChI is InChI=1S/C15H18FNO4/c1-11(9-12-3-2-4-13(16)10-12)14(18)20-7-5-17-6-8-21-15(17)19/h2-4,10-11H,5-9H2,1H3. The normalized spacial score (nSPS) is 15.7. The van der Waals surface area contributed by atoms with Crippen molar-refractivity contribution in [3.05, 3.63) is 35.6 Å². The first kappa shape index (κ1) is 15.3. The molecule has 114 valence electrons. The van der Waals surface area contributed by atoms with Crippen LogP contribution in [0, 0.1) is 11.7 Å². The Morgan fingerprint density at radius 2 is 2.33 bits per heavy atom. The molecule has 1 aromatic rings. The molecular weight excluding hydrogens is 277 g/mol. The Hall–Kier alpha value is -2.11. The summed E-state index contributed by atoms with van der Waals surface area (Å²) < 4.78 is 23.0. The van der Waals surface area contributed by atoms with Crippen LogP contribution in [-0.4, -0.2) is 43.3 Å². The number of carbonyl (C=O) groups excluding carboxylic acids is 2. The van der Waals surface area contributed by atoms with Crippen molar-refractivity contribution in [1.82, 2.24) is 4.90 Å². The predicted molar refractivity (Wildman–Crippen MR) is 73.1 cm³/mol. The molecular formula is C15H18FNO4. The summed E-state index contributed by atoms with van der Waals surface area (Å²) in [7, 11) is 0. The minimum absolute atomic E-state index is 0.140. The molecule has 1 aliphatic heterocycles. The Morgan fingerprint density at radius 1 is 1.52 bits per heavy atom. The summed E-state index contributed by atoms with van der Waals surface area (Å²) in [5, 5.41) is 0. The first-order valence-corrected chi connectivity index (χ1v) is 6.89. The Kier molecular flexibility index (Phi) is 5.14. The van der Waals surface area contributed by atoms with Crippen LogP contribution in [0.5, 0.6) is 0 Å². The van der Waals surface area contributed by atoms with E-state index in [0.717, 1.165) is 5.56 Å². The van der Waals surface area contributed by atoms with Gasteiger partial charge in [-0.1, -0.05) is 19.1 Å². The maximum Gasteiger partial charge on any atom is 0.410 e. The Morgan fingerprint density at radius 3 is 3.00 bits per heavy atom. The van der Waals surface area contributed by atoms with E-state index in [1.807, 2.05) is 0 Å². The van der Waals surface area contributed by atoms with Gasteiger partial charge in [0.25, 0.3) is 0 Å². The maximum absolute atomic E-state index is 13.1. The van der Waals surface area contributed by atoms with Gasteiger partial charge in [0.15, 0.2) is 0 Å². The van der Waals surface area contributed by atoms with Crippen LogP contribution in [0.15, 0.2) is 24.3 Å². The summed E-state index contributed by atoms with van der Waals surface area (Å²) in [4.78, 5) is 24.5. The quantitative estimate of drug-likeness (QED) is 0.753. The summed E-state index contributed by atoms with van der Waals surface area (Å²) in [6.45, 7) is 3.11. The second-order valence-corrected chi connectivity index (χ2v) is 5.00. The zero-order valence-corrected chi connectivity index (χ0v) is 11.9. The van der Waals surface area contributed by atoms with Crippen molar-refractivity contribution in [3.63, 3.8) is 0 Å². The summed E-state index contributed by atoms with van der Waals surface area (Å²) in [5.41, 5.74) is 0.752. The molecule has 0 aromatic heterocycles. The van der Waals surface area contributed by atoms with E-state index in [4.69, 9.17) is 9.47 Å². The molecule has 1 unspecified atom stereocenters. The van der Waals surface area contributed by atoms with Gasteiger partial charge in [-0.2, -0.15) is 0 Å². The van der Waals surface area contributed by atoms with Crippen LogP contribution in [0.25, 0.3) is 0 Å². The molecule has 21 heavy (non-hydrogen) atoms. The highest BCUT2D eigenvalue weighted by Crippen LogP contribution is 2.12. The van der Waals surface area contributed by atoms with Gasteiger partial charge < -0.3 is 14.4 Å². The molecule has 0 spiro atoms. The van der Waals surface area contributed by atoms with Crippen LogP contribution in [-0.2, 0) is 20.7 Å². The predicted octanol–water partition coefficient (Wildman–Crippen LogP) is 2.00. The lowest BCUT2D eigenvalue weighted by Crippen LogP contribution is -2.30. The van der Waals surface area contributed by atoms with E-state index in [-0.39, 0.29) is 30.4 Å². The van der Waals surface area contributed by atoms with Gasteiger partial charge in [0.05, 0.1) is 19.0 Å². The fraction of sp³-hybridized carbons (Fsp3) is 0.467. The average molecular weight is 295 g/mol. The minimum Gasteiger partial charge on any atom is -0.464 e. The van der Waals surface area contributed by atoms with Crippen molar-refractivity contribution in [3.8, 4) is 0 Å². The van der Waals surface area contributed by atoms with E-state index in [2.05, 4.69) is 0 Å². The number of ether oxygens (including phenoxy) is 2. The first-order valence-electron chi connectivity index (χ1n) is 6.89. The van der Waals surface area contributed by atoms with Crippen LogP contribution in [0.4, 0.5) is 9.18 Å². The highest BCUT2D eigenvalue weighted by molar-refractivity contribution is 5.72. The van der Waals surface area contributed by atoms with Gasteiger partial charge in [0.1, 0.15) is 19.0 Å². The number of cyclic esters (lactones) is 1. The Balaban J connectivity index is 1.73. The minimum atomic E-state index is -0.376. The Bertz CT molecular complexity index is 520. The Labute approximate surface area is 122 Å². The lowest BCUT2D eigenvalue weighted by Gasteiger charge is -2.15. The monoisotopic (exact) mass is 295 g/mol. The van der Waals surface area contributed by atoms with E-state index in [1.165, 1.54) is 17.0 Å². The zero-order chi connectivity index (χ0) is 15.2. The fourth-order valence-electron chi connectivity index (χ4n) is 2.13. The van der Waals surface area contributed by atoms with Gasteiger partial charge in [0, 0.05) is 0 Å². The lowest BCUT2D eigenvalue weighted by atomic mass is 10.0. The van der Waals surface area contributed by atoms with E-state index in [9.17, 15) is 14.0 Å². The molecule has 0 N–H and O–H groups in total. The molecule has 0 radical (unpaired) electrons. The van der Waals surface area contributed by atoms with Gasteiger partial charge in [0.2, 0.25) is 0 Å². The van der Waals surface area contributed by atoms with Crippen LogP contribution in [0.1, 0.15) is 12.5 Å². The molecule has 0 saturated carbocycles. The van der Waals surface area contributed by atoms with Crippen molar-refractivity contribution in [2.24, 2.45) is 5.92 Å². The fourth-order valence-corrected chi connectivity index (χ4v) is 2.13. The maximum atomic E-state index is 13.1. The molecule has 1 atom stereocenters. The molecule has 1 amide bonds. The van der Waals surface area contributed by atoms with E-state index in [0.29, 0.717) is 26.1 Å². The molecule has 1 heterocycles. The third-order valence-electron chi connectivity index (χ3n) is 3.28. The zero-order valence-electron chi connectivity index (χ0n) is 11.9. The summed E-state index contributed by atoms with van der Waals surface area (Å²) >= 11 is 0. The molecule has 1 aliphatic rings. The smallest absolute Gasteiger partial charge is 0.410 e. The number of carbonyl (C=O) groups is 2. The van der Waals surface area contributed by atoms with E-state index < -0.39 is 0 Å². The van der Waals surface area contributed by atoms with Gasteiger partial charge in [-0.3, -0.25) is 4.79 Å². The van der Waals surface area contributed by atoms with Crippen molar-refractivity contribution in [1.29, 1.82) is 0 Å².